The first kappa shape index (κ1) is 30.8. The molecule has 15 nitrogen and oxygen atoms in total. The van der Waals surface area contributed by atoms with Gasteiger partial charge < -0.3 is 47.8 Å². The van der Waals surface area contributed by atoms with Crippen LogP contribution in [0.1, 0.15) is 31.7 Å². The Balaban J connectivity index is 3.11. The molecule has 0 radical (unpaired) electrons. The van der Waals surface area contributed by atoms with Gasteiger partial charge in [0.05, 0.1) is 18.6 Å². The highest BCUT2D eigenvalue weighted by molar-refractivity contribution is 5.95. The number of carbonyl (C=O) groups is 6. The minimum Gasteiger partial charge on any atom is -0.508 e. The van der Waals surface area contributed by atoms with Gasteiger partial charge in [-0.1, -0.05) is 12.1 Å². The second kappa shape index (κ2) is 14.4. The predicted molar refractivity (Wildman–Crippen MR) is 126 cm³/mol. The van der Waals surface area contributed by atoms with Crippen LogP contribution in [-0.2, 0) is 35.2 Å². The van der Waals surface area contributed by atoms with Gasteiger partial charge in [-0.3, -0.25) is 24.0 Å². The zero-order chi connectivity index (χ0) is 28.3. The number of nitrogens with one attached hydrogen (secondary N) is 3. The molecule has 0 aliphatic heterocycles. The van der Waals surface area contributed by atoms with Crippen molar-refractivity contribution in [2.45, 2.75) is 62.9 Å². The first-order chi connectivity index (χ1) is 17.2. The van der Waals surface area contributed by atoms with Crippen molar-refractivity contribution in [1.82, 2.24) is 16.0 Å². The summed E-state index contributed by atoms with van der Waals surface area (Å²) in [6, 6.07) is -0.544. The molecular formula is C22H31N5O10. The van der Waals surface area contributed by atoms with Gasteiger partial charge in [0.25, 0.3) is 0 Å². The molecule has 1 aromatic carbocycles. The lowest BCUT2D eigenvalue weighted by Gasteiger charge is -2.26. The number of primary amides is 1. The van der Waals surface area contributed by atoms with Crippen molar-refractivity contribution in [2.24, 2.45) is 11.5 Å². The molecule has 37 heavy (non-hydrogen) atoms. The van der Waals surface area contributed by atoms with Crippen LogP contribution in [-0.4, -0.2) is 86.3 Å². The van der Waals surface area contributed by atoms with Crippen molar-refractivity contribution in [3.8, 4) is 5.75 Å². The monoisotopic (exact) mass is 525 g/mol. The van der Waals surface area contributed by atoms with Crippen LogP contribution in [0.15, 0.2) is 24.3 Å². The third kappa shape index (κ3) is 10.9. The third-order valence-corrected chi connectivity index (χ3v) is 5.10. The Kier molecular flexibility index (Phi) is 11.9. The summed E-state index contributed by atoms with van der Waals surface area (Å²) in [7, 11) is 0. The molecule has 5 atom stereocenters. The molecule has 1 aromatic rings. The fourth-order valence-corrected chi connectivity index (χ4v) is 3.09. The number of aliphatic hydroxyl groups excluding tert-OH is 1. The van der Waals surface area contributed by atoms with Gasteiger partial charge in [-0.2, -0.15) is 0 Å². The standard InChI is InChI=1S/C22H31N5O10/c1-10(28)18(27-19(33)13(23)6-7-17(31)32)21(35)25-14(8-11-2-4-12(29)5-3-11)20(34)26-15(22(36)37)9-16(24)30/h2-5,10,13-15,18,28-29H,6-9,23H2,1H3,(H2,24,30)(H,25,35)(H,26,34)(H,27,33)(H,31,32)(H,36,37). The van der Waals surface area contributed by atoms with Crippen LogP contribution >= 0.6 is 0 Å². The number of carboxylic acids is 2. The number of benzene rings is 1. The second-order valence-corrected chi connectivity index (χ2v) is 8.27. The number of aromatic hydroxyl groups is 1. The number of nitrogens with two attached hydrogens (primary N) is 2. The second-order valence-electron chi connectivity index (χ2n) is 8.27. The molecule has 204 valence electrons. The van der Waals surface area contributed by atoms with Crippen LogP contribution < -0.4 is 27.4 Å². The van der Waals surface area contributed by atoms with E-state index >= 15 is 0 Å². The minimum atomic E-state index is -1.69. The smallest absolute Gasteiger partial charge is 0.326 e. The number of carboxylic acid groups (broad SMARTS) is 2. The van der Waals surface area contributed by atoms with Crippen molar-refractivity contribution >= 4 is 35.6 Å². The Morgan fingerprint density at radius 1 is 0.892 bits per heavy atom. The molecule has 0 fully saturated rings. The lowest BCUT2D eigenvalue weighted by Crippen LogP contribution is -2.60. The van der Waals surface area contributed by atoms with E-state index in [-0.39, 0.29) is 18.6 Å². The van der Waals surface area contributed by atoms with Crippen LogP contribution in [0.25, 0.3) is 0 Å². The van der Waals surface area contributed by atoms with E-state index in [2.05, 4.69) is 16.0 Å². The molecule has 0 saturated carbocycles. The number of hydrogen-bond acceptors (Lipinski definition) is 9. The van der Waals surface area contributed by atoms with E-state index in [1.165, 1.54) is 31.2 Å². The Morgan fingerprint density at radius 2 is 1.46 bits per heavy atom. The predicted octanol–water partition coefficient (Wildman–Crippen LogP) is -3.08. The molecular weight excluding hydrogens is 494 g/mol. The van der Waals surface area contributed by atoms with Gasteiger partial charge in [0.2, 0.25) is 23.6 Å². The molecule has 0 aliphatic carbocycles. The summed E-state index contributed by atoms with van der Waals surface area (Å²) in [5, 5.41) is 44.2. The maximum Gasteiger partial charge on any atom is 0.326 e. The highest BCUT2D eigenvalue weighted by Crippen LogP contribution is 2.12. The van der Waals surface area contributed by atoms with Crippen molar-refractivity contribution < 1.29 is 49.2 Å². The Morgan fingerprint density at radius 3 is 1.95 bits per heavy atom. The number of carbonyl (C=O) groups excluding carboxylic acids is 4. The molecule has 15 heteroatoms. The maximum atomic E-state index is 12.9. The highest BCUT2D eigenvalue weighted by Gasteiger charge is 2.33. The molecule has 1 rings (SSSR count). The van der Waals surface area contributed by atoms with Crippen molar-refractivity contribution in [3.63, 3.8) is 0 Å². The molecule has 4 amide bonds. The summed E-state index contributed by atoms with van der Waals surface area (Å²) in [6.07, 6.45) is -3.06. The molecule has 0 aliphatic rings. The van der Waals surface area contributed by atoms with Crippen LogP contribution in [0.2, 0.25) is 0 Å². The van der Waals surface area contributed by atoms with E-state index in [9.17, 15) is 44.1 Å². The summed E-state index contributed by atoms with van der Waals surface area (Å²) in [5.41, 5.74) is 11.1. The number of aliphatic carboxylic acids is 2. The summed E-state index contributed by atoms with van der Waals surface area (Å²) in [5.74, 6) is -6.77. The molecule has 0 aromatic heterocycles. The van der Waals surface area contributed by atoms with Crippen LogP contribution in [0.3, 0.4) is 0 Å². The lowest BCUT2D eigenvalue weighted by atomic mass is 10.0. The minimum absolute atomic E-state index is 0.0719. The van der Waals surface area contributed by atoms with Gasteiger partial charge >= 0.3 is 11.9 Å². The van der Waals surface area contributed by atoms with Crippen LogP contribution in [0, 0.1) is 0 Å². The van der Waals surface area contributed by atoms with E-state index < -0.39 is 78.7 Å². The average Bonchev–Trinajstić information content (AvgIpc) is 2.80. The number of phenols is 1. The van der Waals surface area contributed by atoms with Crippen LogP contribution in [0.4, 0.5) is 0 Å². The zero-order valence-electron chi connectivity index (χ0n) is 19.9. The fraction of sp³-hybridized carbons (Fsp3) is 0.455. The van der Waals surface area contributed by atoms with E-state index in [1.807, 2.05) is 0 Å². The molecule has 0 bridgehead atoms. The Labute approximate surface area is 211 Å². The lowest BCUT2D eigenvalue weighted by molar-refractivity contribution is -0.144. The van der Waals surface area contributed by atoms with Crippen LogP contribution in [0.5, 0.6) is 5.75 Å². The van der Waals surface area contributed by atoms with Gasteiger partial charge in [0, 0.05) is 12.8 Å². The molecule has 11 N–H and O–H groups in total. The topological polar surface area (TPSA) is 271 Å². The Bertz CT molecular complexity index is 998. The van der Waals surface area contributed by atoms with Crippen molar-refractivity contribution in [1.29, 1.82) is 0 Å². The van der Waals surface area contributed by atoms with Gasteiger partial charge in [-0.25, -0.2) is 4.79 Å². The Hall–Kier alpha value is -4.24. The fourth-order valence-electron chi connectivity index (χ4n) is 3.09. The van der Waals surface area contributed by atoms with E-state index in [0.29, 0.717) is 5.56 Å². The summed E-state index contributed by atoms with van der Waals surface area (Å²) in [6.45, 7) is 1.18. The number of hydrogen-bond donors (Lipinski definition) is 9. The van der Waals surface area contributed by atoms with E-state index in [4.69, 9.17) is 16.6 Å². The van der Waals surface area contributed by atoms with Gasteiger partial charge in [0.15, 0.2) is 0 Å². The average molecular weight is 526 g/mol. The maximum absolute atomic E-state index is 12.9. The van der Waals surface area contributed by atoms with E-state index in [1.54, 1.807) is 0 Å². The van der Waals surface area contributed by atoms with Gasteiger partial charge in [-0.15, -0.1) is 0 Å². The molecule has 0 heterocycles. The summed E-state index contributed by atoms with van der Waals surface area (Å²) in [4.78, 5) is 71.4. The number of aliphatic hydroxyl groups is 1. The molecule has 5 unspecified atom stereocenters. The largest absolute Gasteiger partial charge is 0.508 e. The van der Waals surface area contributed by atoms with E-state index in [0.717, 1.165) is 0 Å². The summed E-state index contributed by atoms with van der Waals surface area (Å²) >= 11 is 0. The first-order valence-corrected chi connectivity index (χ1v) is 11.1. The molecule has 0 spiro atoms. The highest BCUT2D eigenvalue weighted by atomic mass is 16.4. The van der Waals surface area contributed by atoms with Gasteiger partial charge in [0.1, 0.15) is 23.9 Å². The summed E-state index contributed by atoms with van der Waals surface area (Å²) < 4.78 is 0. The number of phenolic OH excluding ortho intramolecular Hbond substituents is 1. The third-order valence-electron chi connectivity index (χ3n) is 5.10. The van der Waals surface area contributed by atoms with Gasteiger partial charge in [-0.05, 0) is 31.0 Å². The zero-order valence-corrected chi connectivity index (χ0v) is 19.9. The molecule has 0 saturated heterocycles. The normalized spacial score (nSPS) is 14.8. The SMILES string of the molecule is CC(O)C(NC(=O)C(N)CCC(=O)O)C(=O)NC(Cc1ccc(O)cc1)C(=O)NC(CC(N)=O)C(=O)O. The van der Waals surface area contributed by atoms with Crippen molar-refractivity contribution in [2.75, 3.05) is 0 Å². The quantitative estimate of drug-likeness (QED) is 0.111. The first-order valence-electron chi connectivity index (χ1n) is 11.1. The van der Waals surface area contributed by atoms with Crippen molar-refractivity contribution in [3.05, 3.63) is 29.8 Å². The number of rotatable bonds is 15. The number of amides is 4.